The minimum Gasteiger partial charge on any atom is -0.493 e. The van der Waals surface area contributed by atoms with Crippen LogP contribution in [0.25, 0.3) is 6.08 Å². The van der Waals surface area contributed by atoms with Gasteiger partial charge in [-0.2, -0.15) is 0 Å². The molecule has 1 saturated heterocycles. The summed E-state index contributed by atoms with van der Waals surface area (Å²) in [5.74, 6) is -0.232. The molecule has 2 amide bonds. The molecule has 34 heavy (non-hydrogen) atoms. The van der Waals surface area contributed by atoms with Crippen LogP contribution in [0.1, 0.15) is 25.0 Å². The van der Waals surface area contributed by atoms with Crippen LogP contribution in [0.4, 0.5) is 4.79 Å². The molecular weight excluding hydrogens is 616 g/mol. The zero-order valence-corrected chi connectivity index (χ0v) is 22.9. The van der Waals surface area contributed by atoms with Gasteiger partial charge in [0, 0.05) is 15.6 Å². The molecule has 0 unspecified atom stereocenters. The van der Waals surface area contributed by atoms with Gasteiger partial charge in [0.05, 0.1) is 22.2 Å². The van der Waals surface area contributed by atoms with E-state index in [-0.39, 0.29) is 18.1 Å². The van der Waals surface area contributed by atoms with Crippen LogP contribution in [0, 0.1) is 3.57 Å². The highest BCUT2D eigenvalue weighted by Crippen LogP contribution is 2.38. The number of ether oxygens (including phenoxy) is 3. The summed E-state index contributed by atoms with van der Waals surface area (Å²) in [7, 11) is 1.51. The Morgan fingerprint density at radius 2 is 1.97 bits per heavy atom. The minimum atomic E-state index is -1.01. The molecule has 11 heteroatoms. The van der Waals surface area contributed by atoms with E-state index in [1.54, 1.807) is 43.3 Å². The second-order valence-corrected chi connectivity index (χ2v) is 10.0. The fraction of sp³-hybridized carbons (Fsp3) is 0.261. The maximum absolute atomic E-state index is 12.8. The number of nitrogens with zero attached hydrogens (tertiary/aromatic N) is 1. The summed E-state index contributed by atoms with van der Waals surface area (Å²) in [5.41, 5.74) is 1.39. The smallest absolute Gasteiger partial charge is 0.329 e. The van der Waals surface area contributed by atoms with Crippen LogP contribution in [0.15, 0.2) is 35.2 Å². The fourth-order valence-electron chi connectivity index (χ4n) is 3.09. The van der Waals surface area contributed by atoms with E-state index in [4.69, 9.17) is 37.4 Å². The number of carbonyl (C=O) groups is 3. The lowest BCUT2D eigenvalue weighted by molar-refractivity contribution is -0.150. The Morgan fingerprint density at radius 3 is 2.62 bits per heavy atom. The molecular formula is C23H20Cl2INO6S. The highest BCUT2D eigenvalue weighted by atomic mass is 127. The number of carbonyl (C=O) groups excluding carboxylic acids is 3. The van der Waals surface area contributed by atoms with E-state index in [9.17, 15) is 14.4 Å². The number of hydrogen-bond donors (Lipinski definition) is 0. The summed E-state index contributed by atoms with van der Waals surface area (Å²) in [4.78, 5) is 38.3. The second kappa shape index (κ2) is 11.7. The Kier molecular flexibility index (Phi) is 9.14. The van der Waals surface area contributed by atoms with Crippen molar-refractivity contribution >= 4 is 80.7 Å². The van der Waals surface area contributed by atoms with Crippen molar-refractivity contribution in [3.8, 4) is 11.5 Å². The highest BCUT2D eigenvalue weighted by Gasteiger charge is 2.41. The maximum Gasteiger partial charge on any atom is 0.329 e. The summed E-state index contributed by atoms with van der Waals surface area (Å²) in [5, 5.41) is 0.496. The van der Waals surface area contributed by atoms with Crippen LogP contribution in [0.2, 0.25) is 10.0 Å². The van der Waals surface area contributed by atoms with Crippen molar-refractivity contribution in [1.82, 2.24) is 4.90 Å². The first-order valence-corrected chi connectivity index (χ1v) is 12.7. The van der Waals surface area contributed by atoms with Crippen molar-refractivity contribution in [2.45, 2.75) is 26.5 Å². The summed E-state index contributed by atoms with van der Waals surface area (Å²) in [6.45, 7) is 3.48. The Morgan fingerprint density at radius 1 is 1.24 bits per heavy atom. The largest absolute Gasteiger partial charge is 0.493 e. The Labute approximate surface area is 224 Å². The van der Waals surface area contributed by atoms with Gasteiger partial charge in [0.1, 0.15) is 12.6 Å². The van der Waals surface area contributed by atoms with Crippen molar-refractivity contribution in [1.29, 1.82) is 0 Å². The molecule has 1 aliphatic rings. The lowest BCUT2D eigenvalue weighted by atomic mass is 10.1. The van der Waals surface area contributed by atoms with E-state index >= 15 is 0 Å². The van der Waals surface area contributed by atoms with Gasteiger partial charge in [-0.25, -0.2) is 4.79 Å². The molecule has 7 nitrogen and oxygen atoms in total. The van der Waals surface area contributed by atoms with Gasteiger partial charge in [-0.05, 0) is 84.1 Å². The quantitative estimate of drug-likeness (QED) is 0.195. The molecule has 1 heterocycles. The van der Waals surface area contributed by atoms with E-state index in [1.807, 2.05) is 0 Å². The molecule has 0 N–H and O–H groups in total. The zero-order valence-electron chi connectivity index (χ0n) is 18.4. The number of halogens is 3. The standard InChI is InChI=1S/C23H20Cl2INO6S/c1-4-32-22(29)12(2)27-21(28)19(34-23(27)30)9-13-7-17(26)20(18(8-13)31-3)33-11-14-5-6-15(24)10-16(14)25/h5-10,12H,4,11H2,1-3H3/b19-9+/t12-/m0/s1. The first-order chi connectivity index (χ1) is 16.2. The SMILES string of the molecule is CCOC(=O)[C@H](C)N1C(=O)S/C(=C/c2cc(I)c(OCc3ccc(Cl)cc3Cl)c(OC)c2)C1=O. The Hall–Kier alpha value is -1.95. The summed E-state index contributed by atoms with van der Waals surface area (Å²) >= 11 is 15.0. The van der Waals surface area contributed by atoms with Crippen LogP contribution in [0.3, 0.4) is 0 Å². The van der Waals surface area contributed by atoms with Crippen molar-refractivity contribution in [2.24, 2.45) is 0 Å². The number of methoxy groups -OCH3 is 1. The third-order valence-corrected chi connectivity index (χ3v) is 7.05. The maximum atomic E-state index is 12.8. The highest BCUT2D eigenvalue weighted by molar-refractivity contribution is 14.1. The van der Waals surface area contributed by atoms with Crippen molar-refractivity contribution < 1.29 is 28.6 Å². The molecule has 0 aliphatic carbocycles. The molecule has 1 atom stereocenters. The van der Waals surface area contributed by atoms with Gasteiger partial charge < -0.3 is 14.2 Å². The number of hydrogen-bond acceptors (Lipinski definition) is 7. The van der Waals surface area contributed by atoms with E-state index in [0.29, 0.717) is 27.1 Å². The summed E-state index contributed by atoms with van der Waals surface area (Å²) in [6.07, 6.45) is 1.58. The topological polar surface area (TPSA) is 82.1 Å². The normalized spacial score (nSPS) is 15.6. The predicted octanol–water partition coefficient (Wildman–Crippen LogP) is 6.17. The first-order valence-electron chi connectivity index (χ1n) is 10.0. The molecule has 2 aromatic carbocycles. The molecule has 2 aromatic rings. The van der Waals surface area contributed by atoms with Gasteiger partial charge >= 0.3 is 5.97 Å². The van der Waals surface area contributed by atoms with Crippen molar-refractivity contribution in [2.75, 3.05) is 13.7 Å². The van der Waals surface area contributed by atoms with E-state index in [2.05, 4.69) is 22.6 Å². The predicted molar refractivity (Wildman–Crippen MR) is 140 cm³/mol. The summed E-state index contributed by atoms with van der Waals surface area (Å²) in [6, 6.07) is 7.64. The summed E-state index contributed by atoms with van der Waals surface area (Å²) < 4.78 is 17.1. The van der Waals surface area contributed by atoms with Gasteiger partial charge in [-0.15, -0.1) is 0 Å². The Bertz CT molecular complexity index is 1170. The number of imide groups is 1. The minimum absolute atomic E-state index is 0.159. The molecule has 0 spiro atoms. The van der Waals surface area contributed by atoms with Crippen molar-refractivity contribution in [3.63, 3.8) is 0 Å². The fourth-order valence-corrected chi connectivity index (χ4v) is 5.24. The van der Waals surface area contributed by atoms with Crippen LogP contribution >= 0.6 is 57.6 Å². The number of thioether (sulfide) groups is 1. The van der Waals surface area contributed by atoms with Gasteiger partial charge in [0.15, 0.2) is 11.5 Å². The van der Waals surface area contributed by atoms with Crippen LogP contribution in [0.5, 0.6) is 11.5 Å². The number of amides is 2. The second-order valence-electron chi connectivity index (χ2n) is 7.04. The van der Waals surface area contributed by atoms with E-state index in [1.165, 1.54) is 14.0 Å². The van der Waals surface area contributed by atoms with E-state index in [0.717, 1.165) is 25.8 Å². The molecule has 1 fully saturated rings. The first kappa shape index (κ1) is 26.7. The molecule has 0 radical (unpaired) electrons. The number of rotatable bonds is 8. The van der Waals surface area contributed by atoms with E-state index < -0.39 is 23.2 Å². The molecule has 0 aromatic heterocycles. The average Bonchev–Trinajstić information content (AvgIpc) is 3.06. The third-order valence-electron chi connectivity index (χ3n) is 4.78. The van der Waals surface area contributed by atoms with Crippen LogP contribution in [-0.2, 0) is 20.9 Å². The number of benzene rings is 2. The lowest BCUT2D eigenvalue weighted by Crippen LogP contribution is -2.42. The monoisotopic (exact) mass is 635 g/mol. The number of esters is 1. The molecule has 0 bridgehead atoms. The van der Waals surface area contributed by atoms with Crippen LogP contribution in [-0.4, -0.2) is 41.8 Å². The molecule has 1 aliphatic heterocycles. The van der Waals surface area contributed by atoms with Gasteiger partial charge in [-0.3, -0.25) is 14.5 Å². The third kappa shape index (κ3) is 5.99. The lowest BCUT2D eigenvalue weighted by Gasteiger charge is -2.19. The van der Waals surface area contributed by atoms with Crippen molar-refractivity contribution in [3.05, 3.63) is 60.0 Å². The average molecular weight is 636 g/mol. The van der Waals surface area contributed by atoms with Gasteiger partial charge in [0.2, 0.25) is 0 Å². The molecule has 3 rings (SSSR count). The molecule has 180 valence electrons. The zero-order chi connectivity index (χ0) is 25.0. The Balaban J connectivity index is 1.83. The van der Waals surface area contributed by atoms with Gasteiger partial charge in [-0.1, -0.05) is 29.3 Å². The molecule has 0 saturated carbocycles. The van der Waals surface area contributed by atoms with Gasteiger partial charge in [0.25, 0.3) is 11.1 Å². The van der Waals surface area contributed by atoms with Crippen LogP contribution < -0.4 is 9.47 Å².